The molecule has 108 valence electrons. The molecule has 0 fully saturated rings. The van der Waals surface area contributed by atoms with Gasteiger partial charge in [0.2, 0.25) is 0 Å². The Morgan fingerprint density at radius 1 is 0.952 bits per heavy atom. The monoisotopic (exact) mass is 284 g/mol. The molecule has 0 aromatic heterocycles. The van der Waals surface area contributed by atoms with Crippen LogP contribution in [0.1, 0.15) is 21.5 Å². The minimum atomic E-state index is -0.446. The molecule has 0 bridgehead atoms. The van der Waals surface area contributed by atoms with E-state index in [-0.39, 0.29) is 17.1 Å². The van der Waals surface area contributed by atoms with E-state index >= 15 is 0 Å². The van der Waals surface area contributed by atoms with E-state index in [2.05, 4.69) is 17.4 Å². The fourth-order valence-electron chi connectivity index (χ4n) is 1.70. The van der Waals surface area contributed by atoms with Gasteiger partial charge in [-0.3, -0.25) is 15.6 Å². The van der Waals surface area contributed by atoms with Crippen molar-refractivity contribution in [3.05, 3.63) is 65.7 Å². The summed E-state index contributed by atoms with van der Waals surface area (Å²) >= 11 is 0. The zero-order valence-corrected chi connectivity index (χ0v) is 11.6. The second-order valence-electron chi connectivity index (χ2n) is 4.63. The van der Waals surface area contributed by atoms with E-state index in [1.54, 1.807) is 0 Å². The Labute approximate surface area is 122 Å². The van der Waals surface area contributed by atoms with Gasteiger partial charge in [-0.05, 0) is 30.7 Å². The number of carbonyl (C=O) groups is 1. The van der Waals surface area contributed by atoms with Gasteiger partial charge in [0.15, 0.2) is 11.5 Å². The van der Waals surface area contributed by atoms with E-state index in [9.17, 15) is 15.0 Å². The number of aryl methyl sites for hydroxylation is 1. The summed E-state index contributed by atoms with van der Waals surface area (Å²) in [5.41, 5.74) is 7.94. The predicted octanol–water partition coefficient (Wildman–Crippen LogP) is 2.31. The Morgan fingerprint density at radius 3 is 2.19 bits per heavy atom. The maximum absolute atomic E-state index is 11.9. The minimum Gasteiger partial charge on any atom is -0.504 e. The van der Waals surface area contributed by atoms with E-state index < -0.39 is 5.91 Å². The summed E-state index contributed by atoms with van der Waals surface area (Å²) in [4.78, 5) is 11.9. The van der Waals surface area contributed by atoms with Gasteiger partial charge in [-0.25, -0.2) is 0 Å². The second-order valence-corrected chi connectivity index (χ2v) is 4.63. The van der Waals surface area contributed by atoms with Crippen LogP contribution in [-0.2, 0) is 0 Å². The largest absolute Gasteiger partial charge is 0.504 e. The van der Waals surface area contributed by atoms with Crippen molar-refractivity contribution >= 4 is 11.6 Å². The number of benzene rings is 2. The molecule has 2 aromatic rings. The summed E-state index contributed by atoms with van der Waals surface area (Å²) in [7, 11) is 0. The average molecular weight is 284 g/mol. The van der Waals surface area contributed by atoms with Crippen molar-refractivity contribution in [2.75, 3.05) is 0 Å². The Hall–Kier alpha value is -2.95. The van der Waals surface area contributed by atoms with E-state index in [1.165, 1.54) is 18.2 Å². The first kappa shape index (κ1) is 14.5. The molecule has 4 N–H and O–H groups in total. The lowest BCUT2D eigenvalue weighted by Gasteiger charge is -2.11. The third-order valence-corrected chi connectivity index (χ3v) is 2.96. The van der Waals surface area contributed by atoms with Crippen molar-refractivity contribution in [2.45, 2.75) is 6.92 Å². The zero-order chi connectivity index (χ0) is 15.4. The van der Waals surface area contributed by atoms with Gasteiger partial charge in [0.1, 0.15) is 0 Å². The van der Waals surface area contributed by atoms with E-state index in [0.29, 0.717) is 5.70 Å². The zero-order valence-electron chi connectivity index (χ0n) is 11.6. The lowest BCUT2D eigenvalue weighted by molar-refractivity contribution is 0.0942. The van der Waals surface area contributed by atoms with E-state index in [0.717, 1.165) is 11.1 Å². The molecule has 0 unspecified atom stereocenters. The highest BCUT2D eigenvalue weighted by Gasteiger charge is 2.09. The number of phenolic OH excluding ortho intramolecular Hbond substituents is 2. The summed E-state index contributed by atoms with van der Waals surface area (Å²) < 4.78 is 0. The van der Waals surface area contributed by atoms with Gasteiger partial charge in [-0.15, -0.1) is 0 Å². The van der Waals surface area contributed by atoms with Gasteiger partial charge in [-0.1, -0.05) is 36.4 Å². The molecule has 0 radical (unpaired) electrons. The topological polar surface area (TPSA) is 81.6 Å². The quantitative estimate of drug-likeness (QED) is 0.513. The van der Waals surface area contributed by atoms with Crippen LogP contribution in [0.5, 0.6) is 11.5 Å². The number of amides is 1. The third-order valence-electron chi connectivity index (χ3n) is 2.96. The molecule has 0 saturated carbocycles. The van der Waals surface area contributed by atoms with Crippen molar-refractivity contribution in [3.63, 3.8) is 0 Å². The Balaban J connectivity index is 1.98. The summed E-state index contributed by atoms with van der Waals surface area (Å²) in [6, 6.07) is 11.5. The highest BCUT2D eigenvalue weighted by Crippen LogP contribution is 2.24. The van der Waals surface area contributed by atoms with Crippen molar-refractivity contribution in [1.29, 1.82) is 0 Å². The fourth-order valence-corrected chi connectivity index (χ4v) is 1.70. The number of phenols is 2. The smallest absolute Gasteiger partial charge is 0.269 e. The highest BCUT2D eigenvalue weighted by molar-refractivity contribution is 5.95. The van der Waals surface area contributed by atoms with E-state index in [4.69, 9.17) is 0 Å². The number of aromatic hydroxyl groups is 2. The van der Waals surface area contributed by atoms with Crippen LogP contribution in [0.25, 0.3) is 5.70 Å². The molecule has 0 heterocycles. The number of hydrogen-bond acceptors (Lipinski definition) is 4. The van der Waals surface area contributed by atoms with Gasteiger partial charge in [0.25, 0.3) is 5.91 Å². The SMILES string of the molecule is C=C(NNC(=O)c1ccc(O)c(O)c1)c1ccc(C)cc1. The number of nitrogens with one attached hydrogen (secondary N) is 2. The molecular weight excluding hydrogens is 268 g/mol. The molecule has 2 rings (SSSR count). The molecule has 0 atom stereocenters. The molecule has 0 aliphatic carbocycles. The molecule has 21 heavy (non-hydrogen) atoms. The summed E-state index contributed by atoms with van der Waals surface area (Å²) in [6.07, 6.45) is 0. The maximum atomic E-state index is 11.9. The minimum absolute atomic E-state index is 0.217. The van der Waals surface area contributed by atoms with Gasteiger partial charge in [0.05, 0.1) is 5.70 Å². The van der Waals surface area contributed by atoms with Crippen LogP contribution in [-0.4, -0.2) is 16.1 Å². The molecule has 1 amide bonds. The summed E-state index contributed by atoms with van der Waals surface area (Å²) in [5, 5.41) is 18.6. The lowest BCUT2D eigenvalue weighted by Crippen LogP contribution is -2.35. The van der Waals surface area contributed by atoms with Crippen LogP contribution >= 0.6 is 0 Å². The predicted molar refractivity (Wildman–Crippen MR) is 80.6 cm³/mol. The fraction of sp³-hybridized carbons (Fsp3) is 0.0625. The molecule has 2 aromatic carbocycles. The van der Waals surface area contributed by atoms with Gasteiger partial charge in [-0.2, -0.15) is 0 Å². The first-order valence-corrected chi connectivity index (χ1v) is 6.31. The lowest BCUT2D eigenvalue weighted by atomic mass is 10.1. The number of hydrazine groups is 1. The van der Waals surface area contributed by atoms with Gasteiger partial charge >= 0.3 is 0 Å². The first-order chi connectivity index (χ1) is 9.97. The van der Waals surface area contributed by atoms with Crippen molar-refractivity contribution < 1.29 is 15.0 Å². The Morgan fingerprint density at radius 2 is 1.57 bits per heavy atom. The number of rotatable bonds is 4. The molecule has 0 aliphatic heterocycles. The van der Waals surface area contributed by atoms with Crippen LogP contribution in [0.15, 0.2) is 49.0 Å². The third kappa shape index (κ3) is 3.54. The summed E-state index contributed by atoms with van der Waals surface area (Å²) in [5.74, 6) is -1.07. The average Bonchev–Trinajstić information content (AvgIpc) is 2.48. The maximum Gasteiger partial charge on any atom is 0.269 e. The van der Waals surface area contributed by atoms with Crippen LogP contribution < -0.4 is 10.9 Å². The summed E-state index contributed by atoms with van der Waals surface area (Å²) in [6.45, 7) is 5.82. The normalized spacial score (nSPS) is 9.95. The highest BCUT2D eigenvalue weighted by atomic mass is 16.3. The van der Waals surface area contributed by atoms with Crippen LogP contribution in [0.4, 0.5) is 0 Å². The Bertz CT molecular complexity index is 678. The van der Waals surface area contributed by atoms with Crippen LogP contribution in [0.2, 0.25) is 0 Å². The second kappa shape index (κ2) is 6.00. The standard InChI is InChI=1S/C16H16N2O3/c1-10-3-5-12(6-4-10)11(2)17-18-16(21)13-7-8-14(19)15(20)9-13/h3-9,17,19-20H,2H2,1H3,(H,18,21). The van der Waals surface area contributed by atoms with Crippen molar-refractivity contribution in [3.8, 4) is 11.5 Å². The molecule has 0 saturated heterocycles. The number of carbonyl (C=O) groups excluding carboxylic acids is 1. The molecular formula is C16H16N2O3. The van der Waals surface area contributed by atoms with Gasteiger partial charge in [0, 0.05) is 5.56 Å². The molecule has 0 spiro atoms. The first-order valence-electron chi connectivity index (χ1n) is 6.31. The van der Waals surface area contributed by atoms with Crippen molar-refractivity contribution in [2.24, 2.45) is 0 Å². The molecule has 5 heteroatoms. The van der Waals surface area contributed by atoms with E-state index in [1.807, 2.05) is 31.2 Å². The molecule has 5 nitrogen and oxygen atoms in total. The van der Waals surface area contributed by atoms with Crippen LogP contribution in [0, 0.1) is 6.92 Å². The van der Waals surface area contributed by atoms with Crippen molar-refractivity contribution in [1.82, 2.24) is 10.9 Å². The Kier molecular flexibility index (Phi) is 4.13. The van der Waals surface area contributed by atoms with Crippen LogP contribution in [0.3, 0.4) is 0 Å². The van der Waals surface area contributed by atoms with Gasteiger partial charge < -0.3 is 10.2 Å². The number of hydrogen-bond donors (Lipinski definition) is 4. The molecule has 0 aliphatic rings.